The van der Waals surface area contributed by atoms with Crippen LogP contribution in [0.5, 0.6) is 0 Å². The molecule has 2 aromatic rings. The maximum absolute atomic E-state index is 13.2. The summed E-state index contributed by atoms with van der Waals surface area (Å²) >= 11 is 0. The maximum atomic E-state index is 13.2. The number of carbonyl (C=O) groups is 1. The van der Waals surface area contributed by atoms with Crippen LogP contribution in [-0.4, -0.2) is 39.1 Å². The van der Waals surface area contributed by atoms with Gasteiger partial charge in [0.25, 0.3) is 0 Å². The first kappa shape index (κ1) is 21.3. The fourth-order valence-corrected chi connectivity index (χ4v) is 3.37. The monoisotopic (exact) mass is 425 g/mol. The Kier molecular flexibility index (Phi) is 6.04. The molecule has 30 heavy (non-hydrogen) atoms. The van der Waals surface area contributed by atoms with Crippen LogP contribution >= 0.6 is 0 Å². The molecule has 1 aliphatic heterocycles. The summed E-state index contributed by atoms with van der Waals surface area (Å²) in [5.41, 5.74) is -1.39. The molecule has 1 saturated heterocycles. The highest BCUT2D eigenvalue weighted by atomic mass is 19.4. The third-order valence-corrected chi connectivity index (χ3v) is 4.90. The Hall–Kier alpha value is -3.44. The summed E-state index contributed by atoms with van der Waals surface area (Å²) in [5, 5.41) is 23.4. The van der Waals surface area contributed by atoms with E-state index in [4.69, 9.17) is 5.11 Å². The van der Waals surface area contributed by atoms with Crippen molar-refractivity contribution in [1.29, 1.82) is 0 Å². The molecule has 0 saturated carbocycles. The molecule has 0 atom stereocenters. The molecule has 1 aromatic heterocycles. The molecule has 1 aromatic carbocycles. The van der Waals surface area contributed by atoms with Gasteiger partial charge in [-0.15, -0.1) is 0 Å². The zero-order chi connectivity index (χ0) is 21.9. The van der Waals surface area contributed by atoms with Gasteiger partial charge in [-0.25, -0.2) is 9.97 Å². The van der Waals surface area contributed by atoms with Crippen LogP contribution in [-0.2, 0) is 17.5 Å². The van der Waals surface area contributed by atoms with Crippen LogP contribution < -0.4 is 10.2 Å². The number of hydrogen-bond donors (Lipinski definition) is 2. The number of nitrogens with zero attached hydrogens (tertiary/aromatic N) is 4. The maximum Gasteiger partial charge on any atom is 0.416 e. The van der Waals surface area contributed by atoms with Gasteiger partial charge in [0.1, 0.15) is 6.33 Å². The van der Waals surface area contributed by atoms with E-state index in [1.165, 1.54) is 18.2 Å². The van der Waals surface area contributed by atoms with Crippen LogP contribution in [0.25, 0.3) is 0 Å². The zero-order valence-electron chi connectivity index (χ0n) is 15.6. The van der Waals surface area contributed by atoms with E-state index in [9.17, 15) is 28.1 Å². The number of aromatic nitrogens is 2. The van der Waals surface area contributed by atoms with Gasteiger partial charge in [0, 0.05) is 19.6 Å². The Labute approximate surface area is 168 Å². The molecule has 0 unspecified atom stereocenters. The third kappa shape index (κ3) is 4.58. The molecule has 0 bridgehead atoms. The van der Waals surface area contributed by atoms with E-state index in [2.05, 4.69) is 15.3 Å². The molecule has 1 fully saturated rings. The molecule has 9 nitrogen and oxygen atoms in total. The van der Waals surface area contributed by atoms with E-state index < -0.39 is 34.2 Å². The number of piperidine rings is 1. The summed E-state index contributed by atoms with van der Waals surface area (Å²) in [5.74, 6) is -1.65. The molecule has 3 rings (SSSR count). The number of rotatable bonds is 6. The number of aliphatic carboxylic acids is 1. The standard InChI is InChI=1S/C18H18F3N5O4/c19-18(20,21)13-4-2-1-3-12(13)9-22-15-14(26(29)30)16(24-10-23-15)25-7-5-11(6-8-25)17(27)28/h1-4,10-11H,5-9H2,(H,27,28)(H,22,23,24). The van der Waals surface area contributed by atoms with Gasteiger partial charge in [-0.05, 0) is 24.5 Å². The molecule has 0 spiro atoms. The largest absolute Gasteiger partial charge is 0.481 e. The highest BCUT2D eigenvalue weighted by molar-refractivity contribution is 5.72. The number of halogens is 3. The van der Waals surface area contributed by atoms with Crippen LogP contribution in [0, 0.1) is 16.0 Å². The molecule has 0 amide bonds. The number of benzene rings is 1. The summed E-state index contributed by atoms with van der Waals surface area (Å²) in [7, 11) is 0. The quantitative estimate of drug-likeness (QED) is 0.534. The first-order chi connectivity index (χ1) is 14.2. The lowest BCUT2D eigenvalue weighted by molar-refractivity contribution is -0.383. The predicted octanol–water partition coefficient (Wildman–Crippen LogP) is 3.32. The summed E-state index contributed by atoms with van der Waals surface area (Å²) < 4.78 is 39.5. The van der Waals surface area contributed by atoms with Gasteiger partial charge >= 0.3 is 17.8 Å². The van der Waals surface area contributed by atoms with Crippen molar-refractivity contribution in [2.45, 2.75) is 25.6 Å². The van der Waals surface area contributed by atoms with E-state index in [0.29, 0.717) is 12.8 Å². The Bertz CT molecular complexity index is 946. The average Bonchev–Trinajstić information content (AvgIpc) is 2.71. The number of anilines is 2. The van der Waals surface area contributed by atoms with Crippen molar-refractivity contribution in [1.82, 2.24) is 9.97 Å². The predicted molar refractivity (Wildman–Crippen MR) is 100 cm³/mol. The fraction of sp³-hybridized carbons (Fsp3) is 0.389. The smallest absolute Gasteiger partial charge is 0.416 e. The second-order valence-electron chi connectivity index (χ2n) is 6.76. The lowest BCUT2D eigenvalue weighted by atomic mass is 9.97. The minimum atomic E-state index is -4.56. The minimum Gasteiger partial charge on any atom is -0.481 e. The third-order valence-electron chi connectivity index (χ3n) is 4.90. The summed E-state index contributed by atoms with van der Waals surface area (Å²) in [6.07, 6.45) is -2.87. The van der Waals surface area contributed by atoms with E-state index in [-0.39, 0.29) is 36.8 Å². The number of nitro groups is 1. The molecule has 0 radical (unpaired) electrons. The molecular formula is C18H18F3N5O4. The van der Waals surface area contributed by atoms with E-state index >= 15 is 0 Å². The number of nitrogens with one attached hydrogen (secondary N) is 1. The second kappa shape index (κ2) is 8.51. The molecule has 12 heteroatoms. The van der Waals surface area contributed by atoms with E-state index in [1.54, 1.807) is 4.90 Å². The van der Waals surface area contributed by atoms with Crippen molar-refractivity contribution < 1.29 is 28.0 Å². The van der Waals surface area contributed by atoms with Crippen molar-refractivity contribution in [3.63, 3.8) is 0 Å². The Morgan fingerprint density at radius 3 is 2.53 bits per heavy atom. The van der Waals surface area contributed by atoms with Crippen LogP contribution in [0.3, 0.4) is 0 Å². The molecule has 2 heterocycles. The first-order valence-electron chi connectivity index (χ1n) is 9.04. The summed E-state index contributed by atoms with van der Waals surface area (Å²) in [4.78, 5) is 31.5. The van der Waals surface area contributed by atoms with Crippen molar-refractivity contribution in [2.75, 3.05) is 23.3 Å². The van der Waals surface area contributed by atoms with Gasteiger partial charge in [-0.3, -0.25) is 14.9 Å². The second-order valence-corrected chi connectivity index (χ2v) is 6.76. The Balaban J connectivity index is 1.85. The van der Waals surface area contributed by atoms with Gasteiger partial charge in [-0.1, -0.05) is 18.2 Å². The Morgan fingerprint density at radius 1 is 1.27 bits per heavy atom. The SMILES string of the molecule is O=C(O)C1CCN(c2ncnc(NCc3ccccc3C(F)(F)F)c2[N+](=O)[O-])CC1. The van der Waals surface area contributed by atoms with Crippen molar-refractivity contribution >= 4 is 23.3 Å². The van der Waals surface area contributed by atoms with Gasteiger partial charge in [0.05, 0.1) is 16.4 Å². The first-order valence-corrected chi connectivity index (χ1v) is 9.04. The number of carboxylic acids is 1. The van der Waals surface area contributed by atoms with Crippen molar-refractivity contribution in [3.05, 3.63) is 51.8 Å². The van der Waals surface area contributed by atoms with Crippen LogP contribution in [0.4, 0.5) is 30.5 Å². The highest BCUT2D eigenvalue weighted by Gasteiger charge is 2.34. The van der Waals surface area contributed by atoms with Crippen LogP contribution in [0.2, 0.25) is 0 Å². The minimum absolute atomic E-state index is 0.00504. The highest BCUT2D eigenvalue weighted by Crippen LogP contribution is 2.35. The zero-order valence-corrected chi connectivity index (χ0v) is 15.6. The van der Waals surface area contributed by atoms with E-state index in [1.807, 2.05) is 0 Å². The van der Waals surface area contributed by atoms with Crippen molar-refractivity contribution in [3.8, 4) is 0 Å². The van der Waals surface area contributed by atoms with Gasteiger partial charge < -0.3 is 15.3 Å². The van der Waals surface area contributed by atoms with Crippen molar-refractivity contribution in [2.24, 2.45) is 5.92 Å². The lowest BCUT2D eigenvalue weighted by Crippen LogP contribution is -2.37. The molecule has 2 N–H and O–H groups in total. The topological polar surface area (TPSA) is 121 Å². The van der Waals surface area contributed by atoms with Crippen LogP contribution in [0.1, 0.15) is 24.0 Å². The van der Waals surface area contributed by atoms with Gasteiger partial charge in [0.15, 0.2) is 0 Å². The van der Waals surface area contributed by atoms with Gasteiger partial charge in [0.2, 0.25) is 11.6 Å². The summed E-state index contributed by atoms with van der Waals surface area (Å²) in [6, 6.07) is 4.92. The Morgan fingerprint density at radius 2 is 1.93 bits per heavy atom. The lowest BCUT2D eigenvalue weighted by Gasteiger charge is -2.30. The van der Waals surface area contributed by atoms with Gasteiger partial charge in [-0.2, -0.15) is 13.2 Å². The van der Waals surface area contributed by atoms with E-state index in [0.717, 1.165) is 12.4 Å². The number of hydrogen-bond acceptors (Lipinski definition) is 7. The fourth-order valence-electron chi connectivity index (χ4n) is 3.37. The molecule has 160 valence electrons. The number of carboxylic acid groups (broad SMARTS) is 1. The molecule has 0 aliphatic carbocycles. The number of alkyl halides is 3. The van der Waals surface area contributed by atoms with Crippen LogP contribution in [0.15, 0.2) is 30.6 Å². The average molecular weight is 425 g/mol. The molecule has 1 aliphatic rings. The normalized spacial score (nSPS) is 15.1. The molecular weight excluding hydrogens is 407 g/mol. The summed E-state index contributed by atoms with van der Waals surface area (Å²) in [6.45, 7) is 0.185.